The van der Waals surface area contributed by atoms with Gasteiger partial charge >= 0.3 is 0 Å². The van der Waals surface area contributed by atoms with Gasteiger partial charge in [0.1, 0.15) is 5.82 Å². The summed E-state index contributed by atoms with van der Waals surface area (Å²) in [5, 5.41) is 2.70. The number of hydrogen-bond acceptors (Lipinski definition) is 2. The first kappa shape index (κ1) is 13.5. The molecule has 0 unspecified atom stereocenters. The highest BCUT2D eigenvalue weighted by molar-refractivity contribution is 9.10. The second-order valence-corrected chi connectivity index (χ2v) is 5.10. The fraction of sp³-hybridized carbons (Fsp3) is 0.0714. The first-order chi connectivity index (χ1) is 8.95. The molecule has 0 aliphatic carbocycles. The van der Waals surface area contributed by atoms with Gasteiger partial charge in [0.25, 0.3) is 5.91 Å². The third-order valence-corrected chi connectivity index (χ3v) is 3.11. The van der Waals surface area contributed by atoms with Crippen molar-refractivity contribution >= 4 is 33.2 Å². The molecule has 2 aromatic carbocycles. The predicted molar refractivity (Wildman–Crippen MR) is 77.6 cm³/mol. The Morgan fingerprint density at radius 1 is 1.26 bits per heavy atom. The number of amides is 1. The van der Waals surface area contributed by atoms with E-state index >= 15 is 0 Å². The summed E-state index contributed by atoms with van der Waals surface area (Å²) < 4.78 is 13.7. The molecule has 0 saturated carbocycles. The summed E-state index contributed by atoms with van der Waals surface area (Å²) in [4.78, 5) is 12.0. The van der Waals surface area contributed by atoms with Gasteiger partial charge in [-0.3, -0.25) is 4.79 Å². The zero-order chi connectivity index (χ0) is 14.0. The van der Waals surface area contributed by atoms with Crippen LogP contribution in [0.3, 0.4) is 0 Å². The summed E-state index contributed by atoms with van der Waals surface area (Å²) in [6.45, 7) is 1.85. The highest BCUT2D eigenvalue weighted by atomic mass is 79.9. The molecule has 0 fully saturated rings. The summed E-state index contributed by atoms with van der Waals surface area (Å²) in [5.41, 5.74) is 8.11. The lowest BCUT2D eigenvalue weighted by atomic mass is 10.1. The zero-order valence-electron chi connectivity index (χ0n) is 10.2. The lowest BCUT2D eigenvalue weighted by Gasteiger charge is -2.08. The molecule has 3 nitrogen and oxygen atoms in total. The molecule has 0 radical (unpaired) electrons. The van der Waals surface area contributed by atoms with E-state index in [1.807, 2.05) is 6.92 Å². The van der Waals surface area contributed by atoms with Crippen molar-refractivity contribution < 1.29 is 9.18 Å². The minimum absolute atomic E-state index is 0.251. The predicted octanol–water partition coefficient (Wildman–Crippen LogP) is 3.73. The number of nitrogen functional groups attached to an aromatic ring is 1. The summed E-state index contributed by atoms with van der Waals surface area (Å²) in [7, 11) is 0. The minimum atomic E-state index is -0.465. The van der Waals surface area contributed by atoms with Gasteiger partial charge in [0, 0.05) is 21.4 Å². The number of aryl methyl sites for hydroxylation is 1. The Kier molecular flexibility index (Phi) is 3.85. The van der Waals surface area contributed by atoms with Gasteiger partial charge in [-0.25, -0.2) is 4.39 Å². The van der Waals surface area contributed by atoms with Crippen molar-refractivity contribution in [2.24, 2.45) is 0 Å². The normalized spacial score (nSPS) is 10.3. The van der Waals surface area contributed by atoms with Crippen LogP contribution >= 0.6 is 15.9 Å². The van der Waals surface area contributed by atoms with Crippen LogP contribution in [-0.4, -0.2) is 5.91 Å². The lowest BCUT2D eigenvalue weighted by molar-refractivity contribution is 0.102. The molecule has 2 rings (SSSR count). The Morgan fingerprint density at radius 3 is 2.63 bits per heavy atom. The van der Waals surface area contributed by atoms with Crippen LogP contribution in [0, 0.1) is 12.7 Å². The molecule has 5 heteroatoms. The monoisotopic (exact) mass is 322 g/mol. The van der Waals surface area contributed by atoms with E-state index in [1.54, 1.807) is 24.3 Å². The Labute approximate surface area is 118 Å². The molecule has 0 saturated heterocycles. The molecule has 0 aliphatic rings. The SMILES string of the molecule is Cc1cc(NC(=O)c2cc(F)cc(Br)c2)ccc1N. The summed E-state index contributed by atoms with van der Waals surface area (Å²) in [6, 6.07) is 9.22. The Bertz CT molecular complexity index is 623. The van der Waals surface area contributed by atoms with Crippen LogP contribution in [0.5, 0.6) is 0 Å². The maximum atomic E-state index is 13.2. The average molecular weight is 323 g/mol. The number of anilines is 2. The van der Waals surface area contributed by atoms with Gasteiger partial charge in [-0.1, -0.05) is 15.9 Å². The van der Waals surface area contributed by atoms with Crippen LogP contribution in [0.2, 0.25) is 0 Å². The standard InChI is InChI=1S/C14H12BrFN2O/c1-8-4-12(2-3-13(8)17)18-14(19)9-5-10(15)7-11(16)6-9/h2-7H,17H2,1H3,(H,18,19). The maximum absolute atomic E-state index is 13.2. The molecular weight excluding hydrogens is 311 g/mol. The number of carbonyl (C=O) groups excluding carboxylic acids is 1. The van der Waals surface area contributed by atoms with Crippen LogP contribution in [0.4, 0.5) is 15.8 Å². The molecule has 3 N–H and O–H groups in total. The Hall–Kier alpha value is -1.88. The molecule has 0 aliphatic heterocycles. The molecule has 0 heterocycles. The van der Waals surface area contributed by atoms with Crippen molar-refractivity contribution in [3.05, 3.63) is 57.8 Å². The van der Waals surface area contributed by atoms with E-state index < -0.39 is 5.82 Å². The third kappa shape index (κ3) is 3.32. The summed E-state index contributed by atoms with van der Waals surface area (Å²) >= 11 is 3.15. The van der Waals surface area contributed by atoms with Gasteiger partial charge in [-0.05, 0) is 48.9 Å². The highest BCUT2D eigenvalue weighted by Gasteiger charge is 2.09. The van der Waals surface area contributed by atoms with Crippen molar-refractivity contribution in [1.82, 2.24) is 0 Å². The van der Waals surface area contributed by atoms with E-state index in [1.165, 1.54) is 12.1 Å². The summed E-state index contributed by atoms with van der Waals surface area (Å²) in [6.07, 6.45) is 0. The van der Waals surface area contributed by atoms with Crippen LogP contribution < -0.4 is 11.1 Å². The van der Waals surface area contributed by atoms with Gasteiger partial charge in [0.05, 0.1) is 0 Å². The second kappa shape index (κ2) is 5.40. The van der Waals surface area contributed by atoms with E-state index in [0.29, 0.717) is 15.8 Å². The molecular formula is C14H12BrFN2O. The van der Waals surface area contributed by atoms with Crippen LogP contribution in [0.15, 0.2) is 40.9 Å². The van der Waals surface area contributed by atoms with Gasteiger partial charge < -0.3 is 11.1 Å². The van der Waals surface area contributed by atoms with Crippen molar-refractivity contribution in [2.75, 3.05) is 11.1 Å². The van der Waals surface area contributed by atoms with Gasteiger partial charge in [0.2, 0.25) is 0 Å². The van der Waals surface area contributed by atoms with Crippen LogP contribution in [0.1, 0.15) is 15.9 Å². The number of nitrogens with two attached hydrogens (primary N) is 1. The third-order valence-electron chi connectivity index (χ3n) is 2.65. The first-order valence-corrected chi connectivity index (χ1v) is 6.38. The molecule has 1 amide bonds. The molecule has 2 aromatic rings. The second-order valence-electron chi connectivity index (χ2n) is 4.18. The van der Waals surface area contributed by atoms with E-state index in [9.17, 15) is 9.18 Å². The van der Waals surface area contributed by atoms with Crippen LogP contribution in [-0.2, 0) is 0 Å². The number of benzene rings is 2. The zero-order valence-corrected chi connectivity index (χ0v) is 11.8. The van der Waals surface area contributed by atoms with Crippen molar-refractivity contribution in [3.63, 3.8) is 0 Å². The Morgan fingerprint density at radius 2 is 2.00 bits per heavy atom. The number of carbonyl (C=O) groups is 1. The first-order valence-electron chi connectivity index (χ1n) is 5.59. The number of rotatable bonds is 2. The fourth-order valence-electron chi connectivity index (χ4n) is 1.64. The molecule has 98 valence electrons. The molecule has 19 heavy (non-hydrogen) atoms. The van der Waals surface area contributed by atoms with E-state index in [2.05, 4.69) is 21.2 Å². The number of halogens is 2. The van der Waals surface area contributed by atoms with Crippen LogP contribution in [0.25, 0.3) is 0 Å². The van der Waals surface area contributed by atoms with Gasteiger partial charge in [-0.15, -0.1) is 0 Å². The topological polar surface area (TPSA) is 55.1 Å². The average Bonchev–Trinajstić information content (AvgIpc) is 2.32. The van der Waals surface area contributed by atoms with E-state index in [4.69, 9.17) is 5.73 Å². The van der Waals surface area contributed by atoms with Crippen molar-refractivity contribution in [1.29, 1.82) is 0 Å². The van der Waals surface area contributed by atoms with E-state index in [-0.39, 0.29) is 11.5 Å². The minimum Gasteiger partial charge on any atom is -0.399 e. The van der Waals surface area contributed by atoms with Crippen molar-refractivity contribution in [2.45, 2.75) is 6.92 Å². The molecule has 0 aromatic heterocycles. The quantitative estimate of drug-likeness (QED) is 0.828. The van der Waals surface area contributed by atoms with Gasteiger partial charge in [-0.2, -0.15) is 0 Å². The molecule has 0 bridgehead atoms. The smallest absolute Gasteiger partial charge is 0.255 e. The Balaban J connectivity index is 2.22. The maximum Gasteiger partial charge on any atom is 0.255 e. The van der Waals surface area contributed by atoms with Gasteiger partial charge in [0.15, 0.2) is 0 Å². The highest BCUT2D eigenvalue weighted by Crippen LogP contribution is 2.19. The fourth-order valence-corrected chi connectivity index (χ4v) is 2.11. The number of nitrogens with one attached hydrogen (secondary N) is 1. The van der Waals surface area contributed by atoms with Crippen molar-refractivity contribution in [3.8, 4) is 0 Å². The number of hydrogen-bond donors (Lipinski definition) is 2. The molecule has 0 spiro atoms. The largest absolute Gasteiger partial charge is 0.399 e. The molecule has 0 atom stereocenters. The lowest BCUT2D eigenvalue weighted by Crippen LogP contribution is -2.12. The summed E-state index contributed by atoms with van der Waals surface area (Å²) in [5.74, 6) is -0.836. The van der Waals surface area contributed by atoms with E-state index in [0.717, 1.165) is 5.56 Å².